The topological polar surface area (TPSA) is 51.7 Å². The number of rotatable bonds is 10. The second-order valence-corrected chi connectivity index (χ2v) is 8.59. The maximum Gasteiger partial charge on any atom is 0.255 e. The van der Waals surface area contributed by atoms with Crippen molar-refractivity contribution in [3.8, 4) is 11.5 Å². The van der Waals surface area contributed by atoms with Crippen LogP contribution in [0.2, 0.25) is 5.02 Å². The van der Waals surface area contributed by atoms with Gasteiger partial charge in [-0.2, -0.15) is 0 Å². The first-order valence-electron chi connectivity index (χ1n) is 11.5. The van der Waals surface area contributed by atoms with Crippen molar-refractivity contribution in [2.75, 3.05) is 13.7 Å². The number of benzene rings is 3. The molecule has 5 nitrogen and oxygen atoms in total. The summed E-state index contributed by atoms with van der Waals surface area (Å²) in [7, 11) is 1.58. The van der Waals surface area contributed by atoms with Gasteiger partial charge in [-0.05, 0) is 53.6 Å². The van der Waals surface area contributed by atoms with Gasteiger partial charge in [0.05, 0.1) is 17.7 Å². The lowest BCUT2D eigenvalue weighted by atomic mass is 10.1. The molecule has 1 heterocycles. The average molecular weight is 505 g/mol. The Balaban J connectivity index is 1.54. The highest BCUT2D eigenvalue weighted by molar-refractivity contribution is 6.33. The van der Waals surface area contributed by atoms with Crippen molar-refractivity contribution in [2.24, 2.45) is 0 Å². The second kappa shape index (κ2) is 12.2. The van der Waals surface area contributed by atoms with E-state index in [-0.39, 0.29) is 16.5 Å². The number of halogens is 2. The molecule has 0 saturated heterocycles. The van der Waals surface area contributed by atoms with Crippen LogP contribution in [0.1, 0.15) is 27.2 Å². The first-order valence-corrected chi connectivity index (χ1v) is 11.9. The van der Waals surface area contributed by atoms with Crippen LogP contribution < -0.4 is 9.47 Å². The maximum atomic E-state index is 13.6. The molecule has 4 aromatic rings. The third-order valence-corrected chi connectivity index (χ3v) is 5.96. The predicted molar refractivity (Wildman–Crippen MR) is 138 cm³/mol. The van der Waals surface area contributed by atoms with E-state index in [0.29, 0.717) is 37.6 Å². The summed E-state index contributed by atoms with van der Waals surface area (Å²) in [5.41, 5.74) is 3.01. The SMILES string of the molecule is COc1cc(CN(CCc2ccccn2)C(=O)c2ccc(F)cc2Cl)ccc1OCc1ccccc1. The summed E-state index contributed by atoms with van der Waals surface area (Å²) in [6.45, 7) is 1.11. The number of amides is 1. The lowest BCUT2D eigenvalue weighted by Gasteiger charge is -2.24. The summed E-state index contributed by atoms with van der Waals surface area (Å²) < 4.78 is 25.1. The number of methoxy groups -OCH3 is 1. The van der Waals surface area contributed by atoms with E-state index in [1.165, 1.54) is 12.1 Å². The smallest absolute Gasteiger partial charge is 0.255 e. The van der Waals surface area contributed by atoms with Crippen LogP contribution in [0.15, 0.2) is 91.1 Å². The van der Waals surface area contributed by atoms with Gasteiger partial charge in [0.25, 0.3) is 5.91 Å². The van der Waals surface area contributed by atoms with E-state index in [0.717, 1.165) is 22.9 Å². The molecule has 0 fully saturated rings. The van der Waals surface area contributed by atoms with Crippen LogP contribution in [0, 0.1) is 5.82 Å². The molecule has 1 amide bonds. The highest BCUT2D eigenvalue weighted by Gasteiger charge is 2.20. The highest BCUT2D eigenvalue weighted by Crippen LogP contribution is 2.30. The molecular weight excluding hydrogens is 479 g/mol. The van der Waals surface area contributed by atoms with Crippen molar-refractivity contribution in [2.45, 2.75) is 19.6 Å². The van der Waals surface area contributed by atoms with E-state index in [1.807, 2.05) is 66.7 Å². The molecule has 3 aromatic carbocycles. The molecule has 0 aliphatic heterocycles. The van der Waals surface area contributed by atoms with Crippen molar-refractivity contribution in [3.05, 3.63) is 124 Å². The van der Waals surface area contributed by atoms with Gasteiger partial charge in [0.1, 0.15) is 12.4 Å². The number of nitrogens with zero attached hydrogens (tertiary/aromatic N) is 2. The third-order valence-electron chi connectivity index (χ3n) is 5.65. The van der Waals surface area contributed by atoms with Gasteiger partial charge >= 0.3 is 0 Å². The summed E-state index contributed by atoms with van der Waals surface area (Å²) in [6, 6.07) is 24.9. The molecule has 0 aliphatic carbocycles. The number of hydrogen-bond donors (Lipinski definition) is 0. The van der Waals surface area contributed by atoms with Crippen molar-refractivity contribution in [1.29, 1.82) is 0 Å². The molecule has 0 unspecified atom stereocenters. The lowest BCUT2D eigenvalue weighted by molar-refractivity contribution is 0.0744. The standard InChI is InChI=1S/C29H26ClFN2O3/c1-35-28-17-22(10-13-27(28)36-20-21-7-3-2-4-8-21)19-33(16-14-24-9-5-6-15-32-24)29(34)25-12-11-23(31)18-26(25)30/h2-13,15,17-18H,14,16,19-20H2,1H3. The van der Waals surface area contributed by atoms with Gasteiger partial charge in [-0.3, -0.25) is 9.78 Å². The Kier molecular flexibility index (Phi) is 8.53. The van der Waals surface area contributed by atoms with E-state index < -0.39 is 5.82 Å². The molecule has 0 spiro atoms. The van der Waals surface area contributed by atoms with Crippen molar-refractivity contribution >= 4 is 17.5 Å². The van der Waals surface area contributed by atoms with Gasteiger partial charge in [-0.15, -0.1) is 0 Å². The molecule has 1 aromatic heterocycles. The van der Waals surface area contributed by atoms with Crippen molar-refractivity contribution in [1.82, 2.24) is 9.88 Å². The summed E-state index contributed by atoms with van der Waals surface area (Å²) in [4.78, 5) is 19.5. The fourth-order valence-electron chi connectivity index (χ4n) is 3.77. The van der Waals surface area contributed by atoms with Crippen molar-refractivity contribution < 1.29 is 18.7 Å². The Morgan fingerprint density at radius 3 is 2.47 bits per heavy atom. The summed E-state index contributed by atoms with van der Waals surface area (Å²) >= 11 is 6.21. The van der Waals surface area contributed by atoms with Gasteiger partial charge in [0.15, 0.2) is 11.5 Å². The minimum absolute atomic E-state index is 0.0741. The zero-order chi connectivity index (χ0) is 25.3. The van der Waals surface area contributed by atoms with Crippen LogP contribution in [-0.4, -0.2) is 29.4 Å². The molecule has 36 heavy (non-hydrogen) atoms. The van der Waals surface area contributed by atoms with Crippen LogP contribution in [0.5, 0.6) is 11.5 Å². The number of pyridine rings is 1. The number of carbonyl (C=O) groups is 1. The Bertz CT molecular complexity index is 1300. The molecule has 0 saturated carbocycles. The Labute approximate surface area is 215 Å². The van der Waals surface area contributed by atoms with Crippen LogP contribution in [-0.2, 0) is 19.6 Å². The fraction of sp³-hybridized carbons (Fsp3) is 0.172. The average Bonchev–Trinajstić information content (AvgIpc) is 2.91. The fourth-order valence-corrected chi connectivity index (χ4v) is 4.01. The zero-order valence-electron chi connectivity index (χ0n) is 19.9. The van der Waals surface area contributed by atoms with Gasteiger partial charge < -0.3 is 14.4 Å². The maximum absolute atomic E-state index is 13.6. The van der Waals surface area contributed by atoms with E-state index >= 15 is 0 Å². The van der Waals surface area contributed by atoms with Crippen LogP contribution in [0.25, 0.3) is 0 Å². The van der Waals surface area contributed by atoms with Crippen LogP contribution in [0.4, 0.5) is 4.39 Å². The van der Waals surface area contributed by atoms with Gasteiger partial charge in [-0.25, -0.2) is 4.39 Å². The largest absolute Gasteiger partial charge is 0.493 e. The quantitative estimate of drug-likeness (QED) is 0.252. The van der Waals surface area contributed by atoms with Gasteiger partial charge in [0.2, 0.25) is 0 Å². The lowest BCUT2D eigenvalue weighted by Crippen LogP contribution is -2.33. The predicted octanol–water partition coefficient (Wildman–Crippen LogP) is 6.35. The van der Waals surface area contributed by atoms with Crippen molar-refractivity contribution in [3.63, 3.8) is 0 Å². The van der Waals surface area contributed by atoms with Crippen LogP contribution in [0.3, 0.4) is 0 Å². The van der Waals surface area contributed by atoms with Crippen LogP contribution >= 0.6 is 11.6 Å². The number of carbonyl (C=O) groups excluding carboxylic acids is 1. The molecule has 0 N–H and O–H groups in total. The van der Waals surface area contributed by atoms with E-state index in [9.17, 15) is 9.18 Å². The molecule has 0 bridgehead atoms. The number of aromatic nitrogens is 1. The molecule has 0 radical (unpaired) electrons. The Hall–Kier alpha value is -3.90. The second-order valence-electron chi connectivity index (χ2n) is 8.18. The minimum atomic E-state index is -0.493. The molecule has 0 aliphatic rings. The zero-order valence-corrected chi connectivity index (χ0v) is 20.6. The van der Waals surface area contributed by atoms with E-state index in [4.69, 9.17) is 21.1 Å². The summed E-state index contributed by atoms with van der Waals surface area (Å²) in [5, 5.41) is 0.0741. The summed E-state index contributed by atoms with van der Waals surface area (Å²) in [5.74, 6) is 0.394. The highest BCUT2D eigenvalue weighted by atomic mass is 35.5. The number of hydrogen-bond acceptors (Lipinski definition) is 4. The molecular formula is C29H26ClFN2O3. The molecule has 184 valence electrons. The monoisotopic (exact) mass is 504 g/mol. The third kappa shape index (κ3) is 6.61. The molecule has 4 rings (SSSR count). The van der Waals surface area contributed by atoms with E-state index in [2.05, 4.69) is 4.98 Å². The normalized spacial score (nSPS) is 10.6. The number of ether oxygens (including phenoxy) is 2. The first kappa shape index (κ1) is 25.2. The first-order chi connectivity index (χ1) is 17.5. The van der Waals surface area contributed by atoms with Gasteiger partial charge in [-0.1, -0.05) is 54.1 Å². The molecule has 7 heteroatoms. The van der Waals surface area contributed by atoms with E-state index in [1.54, 1.807) is 18.2 Å². The Morgan fingerprint density at radius 2 is 1.75 bits per heavy atom. The Morgan fingerprint density at radius 1 is 0.944 bits per heavy atom. The summed E-state index contributed by atoms with van der Waals surface area (Å²) in [6.07, 6.45) is 2.28. The minimum Gasteiger partial charge on any atom is -0.493 e. The molecule has 0 atom stereocenters. The van der Waals surface area contributed by atoms with Gasteiger partial charge in [0, 0.05) is 31.4 Å².